The third-order valence-corrected chi connectivity index (χ3v) is 5.22. The van der Waals surface area contributed by atoms with Crippen molar-refractivity contribution in [3.63, 3.8) is 0 Å². The van der Waals surface area contributed by atoms with E-state index in [1.807, 2.05) is 4.90 Å². The van der Waals surface area contributed by atoms with Gasteiger partial charge in [0.25, 0.3) is 5.91 Å². The number of pyridine rings is 1. The highest BCUT2D eigenvalue weighted by Crippen LogP contribution is 2.43. The number of amides is 3. The van der Waals surface area contributed by atoms with Gasteiger partial charge in [0, 0.05) is 29.6 Å². The largest absolute Gasteiger partial charge is 0.462 e. The van der Waals surface area contributed by atoms with E-state index < -0.39 is 12.0 Å². The average Bonchev–Trinajstić information content (AvgIpc) is 3.02. The molecule has 0 bridgehead atoms. The second-order valence-electron chi connectivity index (χ2n) is 6.98. The van der Waals surface area contributed by atoms with Crippen LogP contribution in [0.5, 0.6) is 0 Å². The Labute approximate surface area is 168 Å². The third kappa shape index (κ3) is 3.53. The minimum absolute atomic E-state index is 0.00677. The zero-order valence-corrected chi connectivity index (χ0v) is 16.1. The molecule has 150 valence electrons. The van der Waals surface area contributed by atoms with Gasteiger partial charge in [0.05, 0.1) is 12.6 Å². The molecule has 0 radical (unpaired) electrons. The van der Waals surface area contributed by atoms with E-state index in [0.717, 1.165) is 31.4 Å². The molecule has 2 aliphatic heterocycles. The normalized spacial score (nSPS) is 17.3. The van der Waals surface area contributed by atoms with E-state index in [9.17, 15) is 14.4 Å². The predicted molar refractivity (Wildman–Crippen MR) is 107 cm³/mol. The fourth-order valence-corrected chi connectivity index (χ4v) is 3.99. The average molecular weight is 394 g/mol. The maximum atomic E-state index is 12.7. The zero-order valence-electron chi connectivity index (χ0n) is 16.1. The van der Waals surface area contributed by atoms with Crippen molar-refractivity contribution in [2.45, 2.75) is 32.2 Å². The van der Waals surface area contributed by atoms with Gasteiger partial charge in [-0.05, 0) is 50.5 Å². The molecule has 1 fully saturated rings. The second kappa shape index (κ2) is 7.90. The number of rotatable bonds is 4. The Kier molecular flexibility index (Phi) is 5.16. The number of fused-ring (bicyclic) bond motifs is 3. The molecule has 0 spiro atoms. The van der Waals surface area contributed by atoms with Gasteiger partial charge >= 0.3 is 12.0 Å². The fourth-order valence-electron chi connectivity index (χ4n) is 3.99. The van der Waals surface area contributed by atoms with Crippen molar-refractivity contribution in [2.24, 2.45) is 0 Å². The van der Waals surface area contributed by atoms with E-state index in [4.69, 9.17) is 4.74 Å². The van der Waals surface area contributed by atoms with E-state index in [2.05, 4.69) is 15.6 Å². The quantitative estimate of drug-likeness (QED) is 0.772. The van der Waals surface area contributed by atoms with Crippen molar-refractivity contribution < 1.29 is 19.1 Å². The van der Waals surface area contributed by atoms with Crippen LogP contribution in [0.3, 0.4) is 0 Å². The Morgan fingerprint density at radius 2 is 2.07 bits per heavy atom. The summed E-state index contributed by atoms with van der Waals surface area (Å²) in [6.07, 6.45) is 4.41. The van der Waals surface area contributed by atoms with Gasteiger partial charge in [-0.1, -0.05) is 6.07 Å². The molecule has 3 amide bonds. The molecule has 0 aliphatic carbocycles. The summed E-state index contributed by atoms with van der Waals surface area (Å²) in [5.41, 5.74) is 2.27. The van der Waals surface area contributed by atoms with E-state index >= 15 is 0 Å². The van der Waals surface area contributed by atoms with Gasteiger partial charge in [-0.15, -0.1) is 0 Å². The number of nitrogens with one attached hydrogen (secondary N) is 2. The van der Waals surface area contributed by atoms with Gasteiger partial charge in [-0.2, -0.15) is 0 Å². The number of esters is 1. The molecule has 8 nitrogen and oxygen atoms in total. The summed E-state index contributed by atoms with van der Waals surface area (Å²) in [6.45, 7) is 2.67. The van der Waals surface area contributed by atoms with Crippen LogP contribution < -0.4 is 10.6 Å². The molecule has 1 aromatic carbocycles. The Morgan fingerprint density at radius 1 is 1.21 bits per heavy atom. The summed E-state index contributed by atoms with van der Waals surface area (Å²) in [5, 5.41) is 5.43. The van der Waals surface area contributed by atoms with Crippen molar-refractivity contribution in [2.75, 3.05) is 23.8 Å². The van der Waals surface area contributed by atoms with E-state index in [-0.39, 0.29) is 29.9 Å². The number of hydrogen-bond acceptors (Lipinski definition) is 5. The predicted octanol–water partition coefficient (Wildman–Crippen LogP) is 3.58. The number of piperidine rings is 1. The maximum Gasteiger partial charge on any atom is 0.341 e. The number of hydrogen-bond donors (Lipinski definition) is 2. The molecule has 29 heavy (non-hydrogen) atoms. The lowest BCUT2D eigenvalue weighted by Gasteiger charge is -2.30. The number of carbonyl (C=O) groups is 3. The fraction of sp³-hybridized carbons (Fsp3) is 0.333. The lowest BCUT2D eigenvalue weighted by Crippen LogP contribution is -2.32. The minimum Gasteiger partial charge on any atom is -0.462 e. The van der Waals surface area contributed by atoms with Gasteiger partial charge in [0.15, 0.2) is 0 Å². The maximum absolute atomic E-state index is 12.7. The summed E-state index contributed by atoms with van der Waals surface area (Å²) in [5.74, 6) is -0.422. The number of carbonyl (C=O) groups excluding carboxylic acids is 3. The van der Waals surface area contributed by atoms with Crippen molar-refractivity contribution in [3.05, 3.63) is 53.2 Å². The molecule has 1 saturated heterocycles. The van der Waals surface area contributed by atoms with Crippen LogP contribution in [0.4, 0.5) is 16.3 Å². The first kappa shape index (κ1) is 18.9. The highest BCUT2D eigenvalue weighted by atomic mass is 16.5. The third-order valence-electron chi connectivity index (χ3n) is 5.22. The summed E-state index contributed by atoms with van der Waals surface area (Å²) in [7, 11) is 0. The van der Waals surface area contributed by atoms with Crippen LogP contribution in [0, 0.1) is 0 Å². The van der Waals surface area contributed by atoms with E-state index in [0.29, 0.717) is 11.3 Å². The van der Waals surface area contributed by atoms with Crippen LogP contribution in [0.1, 0.15) is 58.5 Å². The number of aromatic nitrogens is 1. The van der Waals surface area contributed by atoms with Crippen molar-refractivity contribution in [3.8, 4) is 0 Å². The van der Waals surface area contributed by atoms with E-state index in [1.54, 1.807) is 37.3 Å². The number of urea groups is 1. The van der Waals surface area contributed by atoms with Crippen LogP contribution in [0.2, 0.25) is 0 Å². The molecule has 4 rings (SSSR count). The molecule has 0 saturated carbocycles. The van der Waals surface area contributed by atoms with Gasteiger partial charge in [-0.25, -0.2) is 14.6 Å². The van der Waals surface area contributed by atoms with Crippen molar-refractivity contribution in [1.29, 1.82) is 0 Å². The topological polar surface area (TPSA) is 101 Å². The first-order chi connectivity index (χ1) is 14.1. The van der Waals surface area contributed by atoms with Crippen molar-refractivity contribution >= 4 is 29.4 Å². The van der Waals surface area contributed by atoms with Crippen LogP contribution in [-0.4, -0.2) is 40.9 Å². The monoisotopic (exact) mass is 394 g/mol. The molecular weight excluding hydrogens is 372 g/mol. The van der Waals surface area contributed by atoms with E-state index in [1.165, 1.54) is 6.20 Å². The van der Waals surface area contributed by atoms with Gasteiger partial charge in [-0.3, -0.25) is 10.1 Å². The number of anilines is 2. The lowest BCUT2D eigenvalue weighted by atomic mass is 9.96. The Bertz CT molecular complexity index is 975. The molecule has 1 atom stereocenters. The summed E-state index contributed by atoms with van der Waals surface area (Å²) < 4.78 is 5.01. The van der Waals surface area contributed by atoms with Crippen LogP contribution in [0.25, 0.3) is 0 Å². The highest BCUT2D eigenvalue weighted by molar-refractivity contribution is 6.06. The SMILES string of the molecule is CCOC(=O)c1cccnc1NC(=O)Nc1cccc2c1C1CCCCN1C2=O. The summed E-state index contributed by atoms with van der Waals surface area (Å²) in [4.78, 5) is 43.4. The molecule has 1 aromatic heterocycles. The summed E-state index contributed by atoms with van der Waals surface area (Å²) >= 11 is 0. The Hall–Kier alpha value is -3.42. The molecule has 1 unspecified atom stereocenters. The smallest absolute Gasteiger partial charge is 0.341 e. The standard InChI is InChI=1S/C21H22N4O4/c1-2-29-20(27)14-8-6-11-22-18(14)24-21(28)23-15-9-5-7-13-17(15)16-10-3-4-12-25(16)19(13)26/h5-9,11,16H,2-4,10,12H2,1H3,(H2,22,23,24,28). The first-order valence-corrected chi connectivity index (χ1v) is 9.74. The van der Waals surface area contributed by atoms with Crippen molar-refractivity contribution in [1.82, 2.24) is 9.88 Å². The highest BCUT2D eigenvalue weighted by Gasteiger charge is 2.39. The lowest BCUT2D eigenvalue weighted by molar-refractivity contribution is 0.0526. The molecule has 8 heteroatoms. The molecule has 2 aliphatic rings. The number of benzene rings is 1. The Morgan fingerprint density at radius 3 is 2.90 bits per heavy atom. The number of ether oxygens (including phenoxy) is 1. The van der Waals surface area contributed by atoms with Gasteiger partial charge < -0.3 is 15.0 Å². The van der Waals surface area contributed by atoms with Crippen LogP contribution in [0.15, 0.2) is 36.5 Å². The molecule has 3 heterocycles. The number of nitrogens with zero attached hydrogens (tertiary/aromatic N) is 2. The molecule has 2 N–H and O–H groups in total. The van der Waals surface area contributed by atoms with Crippen LogP contribution in [-0.2, 0) is 4.74 Å². The van der Waals surface area contributed by atoms with Gasteiger partial charge in [0.2, 0.25) is 0 Å². The Balaban J connectivity index is 1.56. The molecule has 2 aromatic rings. The minimum atomic E-state index is -0.556. The second-order valence-corrected chi connectivity index (χ2v) is 6.98. The first-order valence-electron chi connectivity index (χ1n) is 9.74. The summed E-state index contributed by atoms with van der Waals surface area (Å²) in [6, 6.07) is 7.94. The van der Waals surface area contributed by atoms with Crippen LogP contribution >= 0.6 is 0 Å². The van der Waals surface area contributed by atoms with Gasteiger partial charge in [0.1, 0.15) is 11.4 Å². The molecular formula is C21H22N4O4. The zero-order chi connectivity index (χ0) is 20.4.